The molecule has 2 heterocycles. The maximum atomic E-state index is 13.6. The molecule has 0 radical (unpaired) electrons. The van der Waals surface area contributed by atoms with Crippen molar-refractivity contribution in [3.63, 3.8) is 0 Å². The zero-order valence-electron chi connectivity index (χ0n) is 22.3. The van der Waals surface area contributed by atoms with Crippen molar-refractivity contribution < 1.29 is 37.8 Å². The van der Waals surface area contributed by atoms with Crippen molar-refractivity contribution in [2.24, 2.45) is 5.41 Å². The molecule has 2 rings (SSSR count). The highest BCUT2D eigenvalue weighted by molar-refractivity contribution is 8.13. The number of esters is 1. The third-order valence-electron chi connectivity index (χ3n) is 5.14. The zero-order chi connectivity index (χ0) is 29.8. The predicted molar refractivity (Wildman–Crippen MR) is 146 cm³/mol. The highest BCUT2D eigenvalue weighted by Crippen LogP contribution is 2.49. The molecule has 1 aromatic heterocycles. The molecule has 1 aromatic rings. The van der Waals surface area contributed by atoms with Crippen molar-refractivity contribution in [2.75, 3.05) is 19.0 Å². The van der Waals surface area contributed by atoms with Crippen LogP contribution in [0.15, 0.2) is 21.9 Å². The van der Waals surface area contributed by atoms with Gasteiger partial charge in [-0.05, 0) is 20.8 Å². The molecule has 222 valence electrons. The second kappa shape index (κ2) is 13.6. The van der Waals surface area contributed by atoms with E-state index < -0.39 is 71.9 Å². The van der Waals surface area contributed by atoms with Gasteiger partial charge in [-0.15, -0.1) is 0 Å². The second-order valence-corrected chi connectivity index (χ2v) is 14.3. The smallest absolute Gasteiger partial charge is 0.406 e. The number of carbonyl (C=O) groups is 2. The number of halogens is 2. The maximum absolute atomic E-state index is 13.6. The molecule has 39 heavy (non-hydrogen) atoms. The highest BCUT2D eigenvalue weighted by atomic mass is 35.5. The number of alkyl halides is 2. The first-order chi connectivity index (χ1) is 17.9. The summed E-state index contributed by atoms with van der Waals surface area (Å²) in [6, 6.07) is -0.0827. The Hall–Kier alpha value is -1.22. The molecule has 0 unspecified atom stereocenters. The number of H-pyrrole nitrogens is 1. The Labute approximate surface area is 239 Å². The van der Waals surface area contributed by atoms with E-state index in [1.165, 1.54) is 6.92 Å². The van der Waals surface area contributed by atoms with E-state index in [-0.39, 0.29) is 17.5 Å². The van der Waals surface area contributed by atoms with Crippen LogP contribution in [0.25, 0.3) is 0 Å². The number of thioether (sulfide) groups is 1. The van der Waals surface area contributed by atoms with Gasteiger partial charge >= 0.3 is 19.4 Å². The summed E-state index contributed by atoms with van der Waals surface area (Å²) in [7, 11) is -4.27. The van der Waals surface area contributed by atoms with E-state index in [0.29, 0.717) is 0 Å². The summed E-state index contributed by atoms with van der Waals surface area (Å²) >= 11 is 13.6. The van der Waals surface area contributed by atoms with E-state index in [1.807, 2.05) is 4.98 Å². The predicted octanol–water partition coefficient (Wildman–Crippen LogP) is 2.35. The van der Waals surface area contributed by atoms with E-state index in [9.17, 15) is 28.8 Å². The summed E-state index contributed by atoms with van der Waals surface area (Å²) < 4.78 is 34.1. The molecule has 0 saturated carbocycles. The summed E-state index contributed by atoms with van der Waals surface area (Å²) in [5, 5.41) is 13.1. The number of hydrogen-bond acceptors (Lipinski definition) is 11. The zero-order valence-corrected chi connectivity index (χ0v) is 25.6. The fourth-order valence-corrected chi connectivity index (χ4v) is 6.11. The molecule has 17 heteroatoms. The van der Waals surface area contributed by atoms with Gasteiger partial charge in [0, 0.05) is 23.4 Å². The molecule has 0 aliphatic carbocycles. The van der Waals surface area contributed by atoms with E-state index in [1.54, 1.807) is 34.6 Å². The van der Waals surface area contributed by atoms with Crippen LogP contribution < -0.4 is 16.3 Å². The molecule has 0 amide bonds. The van der Waals surface area contributed by atoms with Crippen LogP contribution >= 0.6 is 42.7 Å². The largest absolute Gasteiger partial charge is 0.462 e. The maximum Gasteiger partial charge on any atom is 0.406 e. The van der Waals surface area contributed by atoms with Crippen molar-refractivity contribution in [3.8, 4) is 0 Å². The molecule has 3 N–H and O–H groups in total. The molecule has 1 aliphatic heterocycles. The van der Waals surface area contributed by atoms with Crippen LogP contribution in [0.3, 0.4) is 0 Å². The summed E-state index contributed by atoms with van der Waals surface area (Å²) in [5.74, 6) is -0.577. The number of aliphatic hydroxyl groups is 1. The molecular formula is C22H34Cl2N3O10PS. The van der Waals surface area contributed by atoms with E-state index in [4.69, 9.17) is 41.7 Å². The lowest BCUT2D eigenvalue weighted by molar-refractivity contribution is -0.149. The van der Waals surface area contributed by atoms with Gasteiger partial charge in [0.2, 0.25) is 0 Å². The van der Waals surface area contributed by atoms with Gasteiger partial charge in [0.1, 0.15) is 18.2 Å². The van der Waals surface area contributed by atoms with E-state index >= 15 is 0 Å². The van der Waals surface area contributed by atoms with Gasteiger partial charge in [0.05, 0.1) is 19.3 Å². The van der Waals surface area contributed by atoms with Crippen molar-refractivity contribution in [1.29, 1.82) is 0 Å². The van der Waals surface area contributed by atoms with E-state index in [2.05, 4.69) is 5.09 Å². The quantitative estimate of drug-likeness (QED) is 0.133. The second-order valence-electron chi connectivity index (χ2n) is 10.0. The molecule has 0 aromatic carbocycles. The van der Waals surface area contributed by atoms with Crippen molar-refractivity contribution in [3.05, 3.63) is 33.1 Å². The van der Waals surface area contributed by atoms with Gasteiger partial charge in [0.25, 0.3) is 5.56 Å². The van der Waals surface area contributed by atoms with Crippen molar-refractivity contribution in [2.45, 2.75) is 76.5 Å². The number of aliphatic hydroxyl groups excluding tert-OH is 1. The summed E-state index contributed by atoms with van der Waals surface area (Å²) in [5.41, 5.74) is -2.14. The Morgan fingerprint density at radius 1 is 1.28 bits per heavy atom. The lowest BCUT2D eigenvalue weighted by atomic mass is 10.00. The van der Waals surface area contributed by atoms with Gasteiger partial charge in [-0.25, -0.2) is 14.4 Å². The molecule has 1 saturated heterocycles. The van der Waals surface area contributed by atoms with Gasteiger partial charge < -0.3 is 14.6 Å². The third kappa shape index (κ3) is 9.40. The number of rotatable bonds is 12. The fourth-order valence-electron chi connectivity index (χ4n) is 3.13. The average molecular weight is 634 g/mol. The number of ether oxygens (including phenoxy) is 2. The van der Waals surface area contributed by atoms with Crippen LogP contribution in [0.1, 0.15) is 47.8 Å². The number of nitrogens with zero attached hydrogens (tertiary/aromatic N) is 1. The molecule has 1 fully saturated rings. The number of carbonyl (C=O) groups excluding carboxylic acids is 2. The molecule has 1 aliphatic rings. The lowest BCUT2D eigenvalue weighted by Gasteiger charge is -2.25. The summed E-state index contributed by atoms with van der Waals surface area (Å²) in [6.07, 6.45) is -3.73. The Morgan fingerprint density at radius 3 is 2.49 bits per heavy atom. The van der Waals surface area contributed by atoms with Crippen molar-refractivity contribution >= 4 is 53.8 Å². The van der Waals surface area contributed by atoms with Gasteiger partial charge in [-0.1, -0.05) is 55.7 Å². The van der Waals surface area contributed by atoms with Gasteiger partial charge in [-0.2, -0.15) is 0 Å². The minimum Gasteiger partial charge on any atom is -0.462 e. The lowest BCUT2D eigenvalue weighted by Crippen LogP contribution is -2.41. The molecule has 5 atom stereocenters. The number of aromatic amines is 1. The first-order valence-corrected chi connectivity index (χ1v) is 15.2. The van der Waals surface area contributed by atoms with Crippen LogP contribution in [0, 0.1) is 5.41 Å². The Balaban J connectivity index is 2.16. The van der Waals surface area contributed by atoms with Crippen molar-refractivity contribution in [1.82, 2.24) is 14.6 Å². The topological polar surface area (TPSA) is 175 Å². The van der Waals surface area contributed by atoms with E-state index in [0.717, 1.165) is 28.6 Å². The average Bonchev–Trinajstić information content (AvgIpc) is 3.03. The molecular weight excluding hydrogens is 600 g/mol. The minimum atomic E-state index is -4.27. The molecule has 13 nitrogen and oxygen atoms in total. The fraction of sp³-hybridized carbons (Fsp3) is 0.727. The molecule has 0 spiro atoms. The van der Waals surface area contributed by atoms with Crippen LogP contribution in [0.4, 0.5) is 0 Å². The number of nitrogens with one attached hydrogen (secondary N) is 2. The van der Waals surface area contributed by atoms with Crippen LogP contribution in [-0.2, 0) is 32.7 Å². The van der Waals surface area contributed by atoms with Gasteiger partial charge in [0.15, 0.2) is 15.7 Å². The third-order valence-corrected chi connectivity index (χ3v) is 8.92. The SMILES string of the molecule is CC(C)OC(=O)[C@H](C)N[P@](=O)(OCCSC(=O)C(C)(C)C)OC[C@H]1O[C@@H](n2ccc(=O)[nH]c2=O)C(Cl)(Cl)[C@@H]1O. The normalized spacial score (nSPS) is 23.4. The first kappa shape index (κ1) is 34.0. The van der Waals surface area contributed by atoms with Crippen LogP contribution in [0.5, 0.6) is 0 Å². The highest BCUT2D eigenvalue weighted by Gasteiger charge is 2.56. The van der Waals surface area contributed by atoms with Crippen LogP contribution in [-0.4, -0.2) is 73.4 Å². The Bertz CT molecular complexity index is 1190. The summed E-state index contributed by atoms with van der Waals surface area (Å²) in [6.45, 7) is 9.18. The Morgan fingerprint density at radius 2 is 1.92 bits per heavy atom. The number of hydrogen-bond donors (Lipinski definition) is 3. The van der Waals surface area contributed by atoms with Crippen LogP contribution in [0.2, 0.25) is 0 Å². The standard InChI is InChI=1S/C22H34Cl2N3O10PS/c1-12(2)36-17(30)13(3)26-38(33,34-9-10-39-19(31)21(4,5)6)35-11-14-16(29)22(23,24)18(37-14)27-8-7-15(28)25-20(27)32/h7-8,12-14,16,18,29H,9-11H2,1-6H3,(H,26,33)(H,25,28,32)/t13-,14+,16+,18+,38-/m0/s1. The molecule has 0 bridgehead atoms. The Kier molecular flexibility index (Phi) is 11.9. The summed E-state index contributed by atoms with van der Waals surface area (Å²) in [4.78, 5) is 50.1. The monoisotopic (exact) mass is 633 g/mol. The number of aromatic nitrogens is 2. The minimum absolute atomic E-state index is 0.102. The van der Waals surface area contributed by atoms with Gasteiger partial charge in [-0.3, -0.25) is 33.0 Å². The first-order valence-electron chi connectivity index (χ1n) is 11.9.